The predicted molar refractivity (Wildman–Crippen MR) is 363 cm³/mol. The average Bonchev–Trinajstić information content (AvgIpc) is 1.34. The van der Waals surface area contributed by atoms with E-state index < -0.39 is 173 Å². The number of ether oxygens (including phenoxy) is 2. The van der Waals surface area contributed by atoms with E-state index in [0.29, 0.717) is 64.2 Å². The number of carbonyl (C=O) groups excluding carboxylic acids is 12. The minimum atomic E-state index is -4.77. The summed E-state index contributed by atoms with van der Waals surface area (Å²) in [5.74, 6) is -9.11. The summed E-state index contributed by atoms with van der Waals surface area (Å²) in [5, 5.41) is 8.07. The van der Waals surface area contributed by atoms with Crippen molar-refractivity contribution < 1.29 is 80.2 Å². The summed E-state index contributed by atoms with van der Waals surface area (Å²) < 4.78 is 53.2. The van der Waals surface area contributed by atoms with Crippen LogP contribution in [0.25, 0.3) is 0 Å². The summed E-state index contributed by atoms with van der Waals surface area (Å²) in [5.41, 5.74) is -2.39. The summed E-state index contributed by atoms with van der Waals surface area (Å²) in [6, 6.07) is -6.66. The lowest BCUT2D eigenvalue weighted by molar-refractivity contribution is -0.159. The van der Waals surface area contributed by atoms with Crippen LogP contribution in [0.3, 0.4) is 0 Å². The standard InChI is InChI=1S/C70H106ClF3N12O14/c1-12-21-51-61(91)76-59(43(4)14-3)66(96)80(7)38-57(89)78(5)39-58(90)82(9)54(42-99-34-13-2)64(94)79(6)37-55(87)75-50(30-26-44-25-29-48(49(71)35-44)70(72,73)74)63(93)85-33-20-24-52(85)62(92)77-69(31-18-19-32-69)68(98)84(11)60(45-22-16-15-17-23-45)67(97)83(10)53(36-56(88)81(51)8)65(95)86-46-27-28-47(86)41-100-40-46/h25,29,35,43,45-47,50-54,59-60H,12-24,26-28,30-34,36-42H2,1-11H3,(H,75,87)(H,76,91)(H,77,92)/t43-,46?,47?,50-,51-,52-,53-,54-,59-,60-/m0/s1. The summed E-state index contributed by atoms with van der Waals surface area (Å²) in [7, 11) is 9.70. The van der Waals surface area contributed by atoms with Gasteiger partial charge in [0.2, 0.25) is 70.9 Å². The first kappa shape index (κ1) is 80.2. The molecule has 6 fully saturated rings. The largest absolute Gasteiger partial charge is 0.417 e. The van der Waals surface area contributed by atoms with Gasteiger partial charge in [0, 0.05) is 62.5 Å². The van der Waals surface area contributed by atoms with E-state index in [0.717, 1.165) is 51.0 Å². The van der Waals surface area contributed by atoms with Gasteiger partial charge >= 0.3 is 6.18 Å². The van der Waals surface area contributed by atoms with Gasteiger partial charge in [-0.3, -0.25) is 57.5 Å². The van der Waals surface area contributed by atoms with Crippen LogP contribution < -0.4 is 16.0 Å². The van der Waals surface area contributed by atoms with Crippen LogP contribution in [-0.2, 0) is 79.6 Å². The van der Waals surface area contributed by atoms with E-state index in [2.05, 4.69) is 16.0 Å². The molecule has 2 saturated carbocycles. The van der Waals surface area contributed by atoms with Gasteiger partial charge in [-0.2, -0.15) is 13.2 Å². The van der Waals surface area contributed by atoms with Crippen LogP contribution >= 0.6 is 11.6 Å². The van der Waals surface area contributed by atoms with E-state index in [1.54, 1.807) is 11.8 Å². The van der Waals surface area contributed by atoms with Crippen molar-refractivity contribution in [2.24, 2.45) is 11.8 Å². The molecular formula is C70H106ClF3N12O14. The van der Waals surface area contributed by atoms with Crippen LogP contribution in [0.4, 0.5) is 13.2 Å². The summed E-state index contributed by atoms with van der Waals surface area (Å²) in [6.45, 7) is 5.71. The number of rotatable bonds is 13. The molecule has 1 aromatic rings. The lowest BCUT2D eigenvalue weighted by Gasteiger charge is -2.44. The Kier molecular flexibility index (Phi) is 28.6. The van der Waals surface area contributed by atoms with Gasteiger partial charge < -0.3 is 69.5 Å². The Morgan fingerprint density at radius 2 is 1.30 bits per heavy atom. The SMILES string of the molecule is CCCOC[C@H]1C(=O)N(C)CC(=O)N[C@@H](CCc2ccc(C(F)(F)F)c(Cl)c2)C(=O)N2CCC[C@H]2C(=O)NC2(CCCC2)C(=O)N(C)[C@@H](C2CCCCC2)C(=O)N(C)[C@H](C(=O)N2C3CCC2COC3)CC(=O)N(C)[C@@H](CCC)C(=O)N[C@@H]([C@@H](C)CC)C(=O)N(C)CC(=O)N(C)CC(=O)N1C. The first-order chi connectivity index (χ1) is 47.3. The highest BCUT2D eigenvalue weighted by molar-refractivity contribution is 6.31. The van der Waals surface area contributed by atoms with Crippen molar-refractivity contribution in [3.8, 4) is 0 Å². The number of amides is 12. The number of morpholine rings is 1. The first-order valence-electron chi connectivity index (χ1n) is 35.7. The van der Waals surface area contributed by atoms with Crippen LogP contribution in [0, 0.1) is 11.8 Å². The molecule has 2 aliphatic carbocycles. The number of aryl methyl sites for hydroxylation is 1. The van der Waals surface area contributed by atoms with E-state index in [-0.39, 0.29) is 89.1 Å². The molecule has 4 heterocycles. The number of carbonyl (C=O) groups is 12. The van der Waals surface area contributed by atoms with Gasteiger partial charge in [0.15, 0.2) is 0 Å². The molecule has 10 atom stereocenters. The van der Waals surface area contributed by atoms with E-state index in [1.165, 1.54) is 75.0 Å². The number of hydrogen-bond acceptors (Lipinski definition) is 14. The third-order valence-corrected chi connectivity index (χ3v) is 21.7. The first-order valence-corrected chi connectivity index (χ1v) is 36.0. The van der Waals surface area contributed by atoms with E-state index in [4.69, 9.17) is 21.1 Å². The average molecular weight is 1430 g/mol. The topological polar surface area (TPSA) is 289 Å². The third kappa shape index (κ3) is 19.1. The van der Waals surface area contributed by atoms with Gasteiger partial charge in [-0.05, 0) is 107 Å². The highest BCUT2D eigenvalue weighted by Gasteiger charge is 2.52. The number of alkyl halides is 3. The van der Waals surface area contributed by atoms with Crippen LogP contribution in [0.1, 0.15) is 161 Å². The molecule has 2 unspecified atom stereocenters. The minimum Gasteiger partial charge on any atom is -0.379 e. The number of nitrogens with one attached hydrogen (secondary N) is 3. The Balaban J connectivity index is 1.29. The Morgan fingerprint density at radius 1 is 0.670 bits per heavy atom. The molecule has 3 N–H and O–H groups in total. The maximum atomic E-state index is 15.9. The van der Waals surface area contributed by atoms with Gasteiger partial charge in [0.25, 0.3) is 0 Å². The molecule has 2 bridgehead atoms. The molecular weight excluding hydrogens is 1330 g/mol. The van der Waals surface area contributed by atoms with Crippen molar-refractivity contribution in [2.75, 3.05) is 102 Å². The number of hydrogen-bond donors (Lipinski definition) is 3. The number of halogens is 4. The van der Waals surface area contributed by atoms with Crippen molar-refractivity contribution in [3.63, 3.8) is 0 Å². The van der Waals surface area contributed by atoms with Gasteiger partial charge in [0.1, 0.15) is 47.8 Å². The molecule has 4 saturated heterocycles. The molecule has 0 aromatic heterocycles. The molecule has 558 valence electrons. The second-order valence-electron chi connectivity index (χ2n) is 28.4. The number of nitrogens with zero attached hydrogens (tertiary/aromatic N) is 9. The number of likely N-dealkylation sites (N-methyl/N-ethyl adjacent to an activating group) is 7. The molecule has 7 rings (SSSR count). The van der Waals surface area contributed by atoms with Crippen LogP contribution in [0.5, 0.6) is 0 Å². The fourth-order valence-corrected chi connectivity index (χ4v) is 15.4. The quantitative estimate of drug-likeness (QED) is 0.235. The van der Waals surface area contributed by atoms with Gasteiger partial charge in [-0.15, -0.1) is 0 Å². The zero-order chi connectivity index (χ0) is 73.7. The summed E-state index contributed by atoms with van der Waals surface area (Å²) in [6.07, 6.45) is 2.19. The van der Waals surface area contributed by atoms with Gasteiger partial charge in [0.05, 0.1) is 68.5 Å². The zero-order valence-electron chi connectivity index (χ0n) is 60.1. The smallest absolute Gasteiger partial charge is 0.379 e. The second kappa shape index (κ2) is 35.6. The molecule has 26 nitrogen and oxygen atoms in total. The molecule has 30 heteroatoms. The number of benzene rings is 1. The van der Waals surface area contributed by atoms with Crippen molar-refractivity contribution in [3.05, 3.63) is 34.3 Å². The predicted octanol–water partition coefficient (Wildman–Crippen LogP) is 4.01. The fraction of sp³-hybridized carbons (Fsp3) is 0.743. The zero-order valence-corrected chi connectivity index (χ0v) is 60.9. The van der Waals surface area contributed by atoms with Crippen LogP contribution in [0.15, 0.2) is 18.2 Å². The van der Waals surface area contributed by atoms with Crippen molar-refractivity contribution in [1.82, 2.24) is 60.0 Å². The van der Waals surface area contributed by atoms with Crippen molar-refractivity contribution in [1.29, 1.82) is 0 Å². The molecule has 6 aliphatic rings. The fourth-order valence-electron chi connectivity index (χ4n) is 15.1. The lowest BCUT2D eigenvalue weighted by Crippen LogP contribution is -2.65. The highest BCUT2D eigenvalue weighted by atomic mass is 35.5. The van der Waals surface area contributed by atoms with E-state index in [9.17, 15) is 41.9 Å². The second-order valence-corrected chi connectivity index (χ2v) is 28.9. The molecule has 4 aliphatic heterocycles. The third-order valence-electron chi connectivity index (χ3n) is 21.4. The summed E-state index contributed by atoms with van der Waals surface area (Å²) in [4.78, 5) is 190. The minimum absolute atomic E-state index is 0.0178. The molecule has 1 spiro atoms. The van der Waals surface area contributed by atoms with Gasteiger partial charge in [-0.25, -0.2) is 0 Å². The number of fused-ring (bicyclic) bond motifs is 3. The summed E-state index contributed by atoms with van der Waals surface area (Å²) >= 11 is 6.14. The van der Waals surface area contributed by atoms with Crippen molar-refractivity contribution >= 4 is 82.5 Å². The maximum Gasteiger partial charge on any atom is 0.417 e. The monoisotopic (exact) mass is 1430 g/mol. The molecule has 1 aromatic carbocycles. The normalized spacial score (nSPS) is 27.7. The van der Waals surface area contributed by atoms with E-state index in [1.807, 2.05) is 20.8 Å². The Bertz CT molecular complexity index is 3120. The molecule has 0 radical (unpaired) electrons. The molecule has 100 heavy (non-hydrogen) atoms. The Labute approximate surface area is 590 Å². The van der Waals surface area contributed by atoms with Crippen molar-refractivity contribution in [2.45, 2.75) is 222 Å². The Hall–Kier alpha value is -7.14. The lowest BCUT2D eigenvalue weighted by atomic mass is 9.81. The van der Waals surface area contributed by atoms with Crippen LogP contribution in [-0.4, -0.2) is 277 Å². The Morgan fingerprint density at radius 3 is 1.91 bits per heavy atom. The maximum absolute atomic E-state index is 15.9. The van der Waals surface area contributed by atoms with E-state index >= 15 is 28.8 Å². The van der Waals surface area contributed by atoms with Gasteiger partial charge in [-0.1, -0.05) is 90.3 Å². The van der Waals surface area contributed by atoms with Crippen LogP contribution in [0.2, 0.25) is 5.02 Å². The molecule has 12 amide bonds. The highest BCUT2D eigenvalue weighted by Crippen LogP contribution is 2.39.